The molecule has 9 heteroatoms. The van der Waals surface area contributed by atoms with Crippen molar-refractivity contribution in [2.45, 2.75) is 52.2 Å². The number of methoxy groups -OCH3 is 1. The van der Waals surface area contributed by atoms with Crippen molar-refractivity contribution in [2.75, 3.05) is 25.2 Å². The Morgan fingerprint density at radius 2 is 1.83 bits per heavy atom. The van der Waals surface area contributed by atoms with E-state index in [0.717, 1.165) is 18.4 Å². The van der Waals surface area contributed by atoms with Gasteiger partial charge in [-0.05, 0) is 57.2 Å². The van der Waals surface area contributed by atoms with Crippen molar-refractivity contribution < 1.29 is 23.8 Å². The van der Waals surface area contributed by atoms with Crippen LogP contribution in [0.25, 0.3) is 0 Å². The third-order valence-electron chi connectivity index (χ3n) is 5.46. The number of esters is 1. The number of nitrogens with zero attached hydrogens (tertiary/aromatic N) is 2. The number of halogens is 2. The van der Waals surface area contributed by atoms with Crippen molar-refractivity contribution in [1.82, 2.24) is 4.98 Å². The van der Waals surface area contributed by atoms with E-state index in [2.05, 4.69) is 4.98 Å². The molecule has 0 saturated carbocycles. The molecule has 7 nitrogen and oxygen atoms in total. The first-order valence-corrected chi connectivity index (χ1v) is 12.3. The van der Waals surface area contributed by atoms with E-state index in [4.69, 9.17) is 37.4 Å². The van der Waals surface area contributed by atoms with E-state index in [1.807, 2.05) is 19.9 Å². The summed E-state index contributed by atoms with van der Waals surface area (Å²) in [4.78, 5) is 32.5. The fourth-order valence-electron chi connectivity index (χ4n) is 3.84. The molecular weight excluding hydrogens is 491 g/mol. The smallest absolute Gasteiger partial charge is 0.334 e. The largest absolute Gasteiger partial charge is 0.489 e. The average Bonchev–Trinajstić information content (AvgIpc) is 2.84. The van der Waals surface area contributed by atoms with Crippen molar-refractivity contribution in [2.24, 2.45) is 0 Å². The lowest BCUT2D eigenvalue weighted by Gasteiger charge is -2.28. The van der Waals surface area contributed by atoms with Crippen LogP contribution in [0.1, 0.15) is 45.1 Å². The molecule has 0 spiro atoms. The molecule has 1 amide bonds. The van der Waals surface area contributed by atoms with Crippen molar-refractivity contribution in [3.63, 3.8) is 0 Å². The van der Waals surface area contributed by atoms with E-state index in [9.17, 15) is 9.59 Å². The number of carbonyl (C=O) groups excluding carboxylic acids is 2. The Hall–Kier alpha value is -2.61. The molecule has 2 aromatic rings. The van der Waals surface area contributed by atoms with Crippen LogP contribution in [0, 0.1) is 0 Å². The highest BCUT2D eigenvalue weighted by Crippen LogP contribution is 2.39. The number of rotatable bonds is 10. The monoisotopic (exact) mass is 520 g/mol. The molecule has 1 aromatic heterocycles. The highest BCUT2D eigenvalue weighted by Gasteiger charge is 2.30. The molecule has 0 fully saturated rings. The Morgan fingerprint density at radius 3 is 2.49 bits per heavy atom. The van der Waals surface area contributed by atoms with E-state index >= 15 is 0 Å². The zero-order valence-corrected chi connectivity index (χ0v) is 21.7. The molecule has 35 heavy (non-hydrogen) atoms. The van der Waals surface area contributed by atoms with Crippen LogP contribution in [0.3, 0.4) is 0 Å². The van der Waals surface area contributed by atoms with Crippen LogP contribution >= 0.6 is 23.2 Å². The predicted molar refractivity (Wildman–Crippen MR) is 136 cm³/mol. The minimum absolute atomic E-state index is 0.124. The lowest BCUT2D eigenvalue weighted by atomic mass is 9.90. The minimum Gasteiger partial charge on any atom is -0.489 e. The Labute approximate surface area is 216 Å². The molecule has 188 valence electrons. The van der Waals surface area contributed by atoms with Gasteiger partial charge in [-0.25, -0.2) is 4.79 Å². The van der Waals surface area contributed by atoms with E-state index in [1.165, 1.54) is 7.11 Å². The van der Waals surface area contributed by atoms with Gasteiger partial charge in [-0.1, -0.05) is 29.3 Å². The quantitative estimate of drug-likeness (QED) is 0.292. The second-order valence-corrected chi connectivity index (χ2v) is 9.26. The minimum atomic E-state index is -0.488. The standard InChI is InChI=1S/C26H30Cl2N2O5/c1-17(2)35-24-14-23(21(27)13-22(24)28)30(16-18-7-6-10-29-15-18)25(31)19-8-4-5-9-20(19)26(32)34-12-11-33-3/h6-7,10,13-15,17H,4-5,8-9,11-12,16H2,1-3H3. The van der Waals surface area contributed by atoms with Gasteiger partial charge in [0.05, 0.1) is 35.0 Å². The van der Waals surface area contributed by atoms with Gasteiger partial charge in [-0.15, -0.1) is 0 Å². The molecule has 3 rings (SSSR count). The summed E-state index contributed by atoms with van der Waals surface area (Å²) >= 11 is 13.0. The van der Waals surface area contributed by atoms with Crippen LogP contribution in [-0.2, 0) is 25.6 Å². The maximum atomic E-state index is 14.0. The summed E-state index contributed by atoms with van der Waals surface area (Å²) in [7, 11) is 1.53. The molecule has 0 unspecified atom stereocenters. The number of hydrogen-bond acceptors (Lipinski definition) is 6. The lowest BCUT2D eigenvalue weighted by Crippen LogP contribution is -2.34. The van der Waals surface area contributed by atoms with Crippen LogP contribution in [0.15, 0.2) is 47.8 Å². The normalized spacial score (nSPS) is 13.7. The number of aromatic nitrogens is 1. The van der Waals surface area contributed by atoms with E-state index < -0.39 is 5.97 Å². The number of amides is 1. The first-order valence-electron chi connectivity index (χ1n) is 11.6. The number of hydrogen-bond donors (Lipinski definition) is 0. The van der Waals surface area contributed by atoms with E-state index in [1.54, 1.807) is 35.5 Å². The summed E-state index contributed by atoms with van der Waals surface area (Å²) < 4.78 is 16.1. The molecule has 0 radical (unpaired) electrons. The van der Waals surface area contributed by atoms with Crippen molar-refractivity contribution in [3.05, 3.63) is 63.4 Å². The molecule has 0 aliphatic heterocycles. The molecule has 1 aromatic carbocycles. The van der Waals surface area contributed by atoms with Crippen molar-refractivity contribution in [3.8, 4) is 5.75 Å². The van der Waals surface area contributed by atoms with Gasteiger partial charge in [0, 0.05) is 36.7 Å². The van der Waals surface area contributed by atoms with Gasteiger partial charge in [-0.2, -0.15) is 0 Å². The van der Waals surface area contributed by atoms with Crippen LogP contribution in [-0.4, -0.2) is 43.3 Å². The summed E-state index contributed by atoms with van der Waals surface area (Å²) in [6.45, 7) is 4.38. The first-order chi connectivity index (χ1) is 16.8. The summed E-state index contributed by atoms with van der Waals surface area (Å²) in [5.41, 5.74) is 2.07. The summed E-state index contributed by atoms with van der Waals surface area (Å²) in [6, 6.07) is 6.90. The van der Waals surface area contributed by atoms with Gasteiger partial charge in [0.1, 0.15) is 12.4 Å². The SMILES string of the molecule is COCCOC(=O)C1=C(C(=O)N(Cc2cccnc2)c2cc(OC(C)C)c(Cl)cc2Cl)CCCC1. The number of anilines is 1. The Balaban J connectivity index is 2.05. The molecule has 0 bridgehead atoms. The highest BCUT2D eigenvalue weighted by molar-refractivity contribution is 6.37. The summed E-state index contributed by atoms with van der Waals surface area (Å²) in [5, 5.41) is 0.643. The van der Waals surface area contributed by atoms with Crippen LogP contribution in [0.2, 0.25) is 10.0 Å². The summed E-state index contributed by atoms with van der Waals surface area (Å²) in [6.07, 6.45) is 5.77. The molecule has 0 N–H and O–H groups in total. The third kappa shape index (κ3) is 7.19. The fourth-order valence-corrected chi connectivity index (χ4v) is 4.37. The number of benzene rings is 1. The predicted octanol–water partition coefficient (Wildman–Crippen LogP) is 5.77. The number of carbonyl (C=O) groups is 2. The second-order valence-electron chi connectivity index (χ2n) is 8.45. The van der Waals surface area contributed by atoms with Crippen LogP contribution in [0.4, 0.5) is 5.69 Å². The Kier molecular flexibility index (Phi) is 9.95. The van der Waals surface area contributed by atoms with Crippen LogP contribution < -0.4 is 9.64 Å². The molecule has 1 aliphatic carbocycles. The maximum Gasteiger partial charge on any atom is 0.334 e. The Morgan fingerprint density at radius 1 is 1.09 bits per heavy atom. The third-order valence-corrected chi connectivity index (χ3v) is 6.05. The van der Waals surface area contributed by atoms with Gasteiger partial charge < -0.3 is 19.1 Å². The molecule has 1 aliphatic rings. The molecular formula is C26H30Cl2N2O5. The Bertz CT molecular complexity index is 1070. The second kappa shape index (κ2) is 12.9. The maximum absolute atomic E-state index is 14.0. The van der Waals surface area contributed by atoms with Gasteiger partial charge in [0.25, 0.3) is 5.91 Å². The van der Waals surface area contributed by atoms with Crippen molar-refractivity contribution in [1.29, 1.82) is 0 Å². The van der Waals surface area contributed by atoms with E-state index in [0.29, 0.717) is 45.5 Å². The average molecular weight is 521 g/mol. The topological polar surface area (TPSA) is 78.0 Å². The first kappa shape index (κ1) is 27.0. The molecule has 0 saturated heterocycles. The number of pyridine rings is 1. The van der Waals surface area contributed by atoms with Gasteiger partial charge >= 0.3 is 5.97 Å². The van der Waals surface area contributed by atoms with E-state index in [-0.39, 0.29) is 31.8 Å². The zero-order valence-electron chi connectivity index (χ0n) is 20.2. The summed E-state index contributed by atoms with van der Waals surface area (Å²) in [5.74, 6) is -0.383. The zero-order chi connectivity index (χ0) is 25.4. The molecule has 0 atom stereocenters. The van der Waals surface area contributed by atoms with Crippen LogP contribution in [0.5, 0.6) is 5.75 Å². The van der Waals surface area contributed by atoms with Crippen molar-refractivity contribution >= 4 is 40.8 Å². The highest BCUT2D eigenvalue weighted by atomic mass is 35.5. The number of ether oxygens (including phenoxy) is 3. The fraction of sp³-hybridized carbons (Fsp3) is 0.423. The molecule has 1 heterocycles. The van der Waals surface area contributed by atoms with Gasteiger partial charge in [-0.3, -0.25) is 9.78 Å². The van der Waals surface area contributed by atoms with Gasteiger partial charge in [0.15, 0.2) is 0 Å². The lowest BCUT2D eigenvalue weighted by molar-refractivity contribution is -0.140. The van der Waals surface area contributed by atoms with Gasteiger partial charge in [0.2, 0.25) is 0 Å².